The summed E-state index contributed by atoms with van der Waals surface area (Å²) in [6.45, 7) is 1.33. The van der Waals surface area contributed by atoms with Crippen molar-refractivity contribution in [3.63, 3.8) is 0 Å². The molecule has 3 rings (SSSR count). The summed E-state index contributed by atoms with van der Waals surface area (Å²) in [4.78, 5) is 23.2. The summed E-state index contributed by atoms with van der Waals surface area (Å²) >= 11 is 6.12. The van der Waals surface area contributed by atoms with Gasteiger partial charge < -0.3 is 9.67 Å². The maximum atomic E-state index is 12.3. The lowest BCUT2D eigenvalue weighted by Gasteiger charge is -2.25. The van der Waals surface area contributed by atoms with Crippen LogP contribution < -0.4 is 5.56 Å². The molecule has 24 heavy (non-hydrogen) atoms. The Labute approximate surface area is 141 Å². The van der Waals surface area contributed by atoms with E-state index in [9.17, 15) is 9.59 Å². The first-order chi connectivity index (χ1) is 11.5. The van der Waals surface area contributed by atoms with E-state index in [1.165, 1.54) is 17.0 Å². The standard InChI is InChI=1S/C15H14ClN5O3/c1-9-4-10(5-14(22)20(9)7-15(23)24)12-6-11(16)2-3-13(12)21-8-17-18-19-21/h2-6,8,12-13H,7H2,1H3,(H,23,24). The van der Waals surface area contributed by atoms with Crippen LogP contribution in [0.4, 0.5) is 0 Å². The molecular weight excluding hydrogens is 334 g/mol. The quantitative estimate of drug-likeness (QED) is 0.892. The first-order valence-corrected chi connectivity index (χ1v) is 7.54. The van der Waals surface area contributed by atoms with Gasteiger partial charge in [-0.3, -0.25) is 9.59 Å². The fraction of sp³-hybridized carbons (Fsp3) is 0.267. The van der Waals surface area contributed by atoms with Crippen molar-refractivity contribution in [1.29, 1.82) is 0 Å². The third kappa shape index (κ3) is 3.13. The van der Waals surface area contributed by atoms with E-state index in [-0.39, 0.29) is 24.1 Å². The molecule has 0 amide bonds. The van der Waals surface area contributed by atoms with Crippen LogP contribution in [0.1, 0.15) is 23.2 Å². The SMILES string of the molecule is Cc1cc(C2C=C(Cl)C=CC2n2cnnn2)cc(=O)n1CC(=O)O. The number of aryl methyl sites for hydroxylation is 1. The molecule has 124 valence electrons. The lowest BCUT2D eigenvalue weighted by Crippen LogP contribution is -2.27. The van der Waals surface area contributed by atoms with Crippen molar-refractivity contribution in [3.8, 4) is 0 Å². The van der Waals surface area contributed by atoms with Gasteiger partial charge in [0.2, 0.25) is 0 Å². The maximum Gasteiger partial charge on any atom is 0.323 e. The maximum absolute atomic E-state index is 12.3. The van der Waals surface area contributed by atoms with Crippen molar-refractivity contribution >= 4 is 17.6 Å². The average Bonchev–Trinajstić information content (AvgIpc) is 3.04. The molecule has 8 nitrogen and oxygen atoms in total. The van der Waals surface area contributed by atoms with Gasteiger partial charge in [-0.15, -0.1) is 5.10 Å². The highest BCUT2D eigenvalue weighted by Crippen LogP contribution is 2.35. The molecule has 2 heterocycles. The van der Waals surface area contributed by atoms with Crippen molar-refractivity contribution in [2.24, 2.45) is 0 Å². The number of carboxylic acids is 1. The minimum absolute atomic E-state index is 0.225. The van der Waals surface area contributed by atoms with Crippen LogP contribution in [-0.2, 0) is 11.3 Å². The molecule has 0 aromatic carbocycles. The highest BCUT2D eigenvalue weighted by molar-refractivity contribution is 6.31. The molecule has 0 bridgehead atoms. The van der Waals surface area contributed by atoms with Crippen LogP contribution in [0.25, 0.3) is 0 Å². The molecule has 0 radical (unpaired) electrons. The summed E-state index contributed by atoms with van der Waals surface area (Å²) in [5.41, 5.74) is 0.915. The first kappa shape index (κ1) is 16.1. The van der Waals surface area contributed by atoms with Gasteiger partial charge in [-0.2, -0.15) is 0 Å². The van der Waals surface area contributed by atoms with E-state index < -0.39 is 5.97 Å². The monoisotopic (exact) mass is 347 g/mol. The smallest absolute Gasteiger partial charge is 0.323 e. The number of rotatable bonds is 4. The summed E-state index contributed by atoms with van der Waals surface area (Å²) in [7, 11) is 0. The van der Waals surface area contributed by atoms with Gasteiger partial charge in [-0.05, 0) is 35.1 Å². The number of nitrogens with zero attached hydrogens (tertiary/aromatic N) is 5. The van der Waals surface area contributed by atoms with Crippen LogP contribution >= 0.6 is 11.6 Å². The van der Waals surface area contributed by atoms with E-state index in [0.29, 0.717) is 10.7 Å². The predicted molar refractivity (Wildman–Crippen MR) is 85.7 cm³/mol. The first-order valence-electron chi connectivity index (χ1n) is 7.17. The number of aromatic nitrogens is 5. The number of hydrogen-bond donors (Lipinski definition) is 1. The molecule has 0 spiro atoms. The Hall–Kier alpha value is -2.74. The van der Waals surface area contributed by atoms with Gasteiger partial charge in [0, 0.05) is 22.7 Å². The number of allylic oxidation sites excluding steroid dienone is 4. The fourth-order valence-electron chi connectivity index (χ4n) is 2.77. The van der Waals surface area contributed by atoms with Crippen molar-refractivity contribution in [2.45, 2.75) is 25.4 Å². The number of halogens is 1. The molecule has 1 aliphatic rings. The summed E-state index contributed by atoms with van der Waals surface area (Å²) < 4.78 is 2.79. The Morgan fingerprint density at radius 2 is 2.21 bits per heavy atom. The zero-order valence-corrected chi connectivity index (χ0v) is 13.5. The second-order valence-corrected chi connectivity index (χ2v) is 5.90. The Balaban J connectivity index is 2.04. The molecule has 2 unspecified atom stereocenters. The number of aliphatic carboxylic acids is 1. The van der Waals surface area contributed by atoms with Crippen molar-refractivity contribution in [1.82, 2.24) is 24.8 Å². The summed E-state index contributed by atoms with van der Waals surface area (Å²) in [5.74, 6) is -1.31. The van der Waals surface area contributed by atoms with E-state index in [1.54, 1.807) is 23.7 Å². The molecule has 2 aromatic heterocycles. The molecule has 2 atom stereocenters. The Morgan fingerprint density at radius 1 is 1.42 bits per heavy atom. The van der Waals surface area contributed by atoms with Crippen LogP contribution in [0, 0.1) is 6.92 Å². The Kier molecular flexibility index (Phi) is 4.30. The van der Waals surface area contributed by atoms with Crippen LogP contribution in [0.15, 0.2) is 46.5 Å². The zero-order valence-electron chi connectivity index (χ0n) is 12.7. The number of pyridine rings is 1. The molecule has 2 aromatic rings. The molecule has 0 aliphatic heterocycles. The van der Waals surface area contributed by atoms with Crippen molar-refractivity contribution < 1.29 is 9.90 Å². The Bertz CT molecular complexity index is 885. The summed E-state index contributed by atoms with van der Waals surface area (Å²) in [6, 6.07) is 2.99. The van der Waals surface area contributed by atoms with Gasteiger partial charge in [0.15, 0.2) is 0 Å². The number of carbonyl (C=O) groups is 1. The minimum atomic E-state index is -1.07. The topological polar surface area (TPSA) is 103 Å². The molecule has 0 saturated heterocycles. The second kappa shape index (κ2) is 6.40. The third-order valence-corrected chi connectivity index (χ3v) is 4.12. The van der Waals surface area contributed by atoms with Crippen LogP contribution in [-0.4, -0.2) is 35.9 Å². The molecule has 9 heteroatoms. The van der Waals surface area contributed by atoms with E-state index in [0.717, 1.165) is 5.56 Å². The molecule has 1 aliphatic carbocycles. The largest absolute Gasteiger partial charge is 0.480 e. The van der Waals surface area contributed by atoms with Gasteiger partial charge in [0.05, 0.1) is 6.04 Å². The average molecular weight is 348 g/mol. The van der Waals surface area contributed by atoms with E-state index in [2.05, 4.69) is 15.5 Å². The van der Waals surface area contributed by atoms with E-state index in [4.69, 9.17) is 16.7 Å². The summed E-state index contributed by atoms with van der Waals surface area (Å²) in [6.07, 6.45) is 6.93. The second-order valence-electron chi connectivity index (χ2n) is 5.47. The number of hydrogen-bond acceptors (Lipinski definition) is 5. The van der Waals surface area contributed by atoms with Gasteiger partial charge in [-0.25, -0.2) is 4.68 Å². The predicted octanol–water partition coefficient (Wildman–Crippen LogP) is 1.25. The number of carboxylic acid groups (broad SMARTS) is 1. The van der Waals surface area contributed by atoms with E-state index >= 15 is 0 Å². The Morgan fingerprint density at radius 3 is 2.83 bits per heavy atom. The third-order valence-electron chi connectivity index (χ3n) is 3.87. The summed E-state index contributed by atoms with van der Waals surface area (Å²) in [5, 5.41) is 20.7. The molecule has 1 N–H and O–H groups in total. The zero-order chi connectivity index (χ0) is 17.3. The lowest BCUT2D eigenvalue weighted by atomic mass is 9.88. The number of tetrazole rings is 1. The highest BCUT2D eigenvalue weighted by atomic mass is 35.5. The minimum Gasteiger partial charge on any atom is -0.480 e. The van der Waals surface area contributed by atoms with Gasteiger partial charge in [-0.1, -0.05) is 23.8 Å². The van der Waals surface area contributed by atoms with Gasteiger partial charge in [0.25, 0.3) is 5.56 Å². The van der Waals surface area contributed by atoms with Crippen LogP contribution in [0.5, 0.6) is 0 Å². The van der Waals surface area contributed by atoms with Crippen LogP contribution in [0.2, 0.25) is 0 Å². The van der Waals surface area contributed by atoms with Crippen molar-refractivity contribution in [3.05, 3.63) is 63.3 Å². The molecule has 0 saturated carbocycles. The molecular formula is C15H14ClN5O3. The van der Waals surface area contributed by atoms with Gasteiger partial charge >= 0.3 is 5.97 Å². The fourth-order valence-corrected chi connectivity index (χ4v) is 2.98. The highest BCUT2D eigenvalue weighted by Gasteiger charge is 2.26. The normalized spacial score (nSPS) is 20.0. The molecule has 0 fully saturated rings. The van der Waals surface area contributed by atoms with Crippen molar-refractivity contribution in [2.75, 3.05) is 0 Å². The van der Waals surface area contributed by atoms with E-state index in [1.807, 2.05) is 12.2 Å². The van der Waals surface area contributed by atoms with Crippen LogP contribution in [0.3, 0.4) is 0 Å². The van der Waals surface area contributed by atoms with Gasteiger partial charge in [0.1, 0.15) is 12.9 Å². The lowest BCUT2D eigenvalue weighted by molar-refractivity contribution is -0.137.